The highest BCUT2D eigenvalue weighted by Crippen LogP contribution is 2.21. The minimum atomic E-state index is -0.644. The Balaban J connectivity index is 1.95. The number of carbonyl (C=O) groups excluding carboxylic acids is 2. The number of nitrogens with one attached hydrogen (secondary N) is 1. The van der Waals surface area contributed by atoms with Crippen LogP contribution in [-0.2, 0) is 29.0 Å². The Labute approximate surface area is 188 Å². The predicted molar refractivity (Wildman–Crippen MR) is 125 cm³/mol. The summed E-state index contributed by atoms with van der Waals surface area (Å²) < 4.78 is 0. The average molecular weight is 435 g/mol. The number of hydrogen-bond acceptors (Lipinski definition) is 2. The number of amides is 2. The van der Waals surface area contributed by atoms with E-state index in [-0.39, 0.29) is 24.8 Å². The van der Waals surface area contributed by atoms with Crippen molar-refractivity contribution < 1.29 is 9.59 Å². The van der Waals surface area contributed by atoms with Crippen molar-refractivity contribution in [3.63, 3.8) is 0 Å². The van der Waals surface area contributed by atoms with Crippen molar-refractivity contribution in [2.75, 3.05) is 6.54 Å². The standard InChI is InChI=1S/C26H27ClN2O2/c1-2-28-26(31)24(17-20-11-5-3-6-12-20)29(19-22-15-9-10-16-23(22)27)25(30)18-21-13-7-4-8-14-21/h3-16,24H,2,17-19H2,1H3,(H,28,31)/t24-/m1/s1. The van der Waals surface area contributed by atoms with Crippen LogP contribution in [0, 0.1) is 0 Å². The highest BCUT2D eigenvalue weighted by molar-refractivity contribution is 6.31. The molecule has 0 bridgehead atoms. The largest absolute Gasteiger partial charge is 0.355 e. The fourth-order valence-electron chi connectivity index (χ4n) is 3.53. The van der Waals surface area contributed by atoms with Crippen LogP contribution < -0.4 is 5.32 Å². The molecular formula is C26H27ClN2O2. The van der Waals surface area contributed by atoms with Gasteiger partial charge in [0.15, 0.2) is 0 Å². The van der Waals surface area contributed by atoms with E-state index in [1.165, 1.54) is 0 Å². The van der Waals surface area contributed by atoms with Gasteiger partial charge in [-0.05, 0) is 29.7 Å². The Morgan fingerprint density at radius 1 is 0.871 bits per heavy atom. The van der Waals surface area contributed by atoms with Gasteiger partial charge >= 0.3 is 0 Å². The van der Waals surface area contributed by atoms with E-state index >= 15 is 0 Å². The first-order valence-corrected chi connectivity index (χ1v) is 10.8. The van der Waals surface area contributed by atoms with Gasteiger partial charge in [-0.3, -0.25) is 9.59 Å². The summed E-state index contributed by atoms with van der Waals surface area (Å²) in [5.41, 5.74) is 2.72. The third-order valence-corrected chi connectivity index (χ3v) is 5.49. The lowest BCUT2D eigenvalue weighted by Gasteiger charge is -2.32. The molecule has 0 unspecified atom stereocenters. The van der Waals surface area contributed by atoms with E-state index < -0.39 is 6.04 Å². The lowest BCUT2D eigenvalue weighted by Crippen LogP contribution is -2.51. The molecule has 3 rings (SSSR count). The van der Waals surface area contributed by atoms with Crippen molar-refractivity contribution >= 4 is 23.4 Å². The average Bonchev–Trinajstić information content (AvgIpc) is 2.79. The molecule has 0 fully saturated rings. The fraction of sp³-hybridized carbons (Fsp3) is 0.231. The van der Waals surface area contributed by atoms with Gasteiger partial charge in [0.25, 0.3) is 0 Å². The molecular weight excluding hydrogens is 408 g/mol. The van der Waals surface area contributed by atoms with Crippen molar-refractivity contribution in [3.8, 4) is 0 Å². The number of likely N-dealkylation sites (N-methyl/N-ethyl adjacent to an activating group) is 1. The van der Waals surface area contributed by atoms with E-state index in [9.17, 15) is 9.59 Å². The molecule has 0 radical (unpaired) electrons. The summed E-state index contributed by atoms with van der Waals surface area (Å²) in [4.78, 5) is 28.2. The molecule has 0 aliphatic heterocycles. The summed E-state index contributed by atoms with van der Waals surface area (Å²) in [6.45, 7) is 2.64. The monoisotopic (exact) mass is 434 g/mol. The normalized spacial score (nSPS) is 11.5. The minimum Gasteiger partial charge on any atom is -0.355 e. The van der Waals surface area contributed by atoms with Crippen LogP contribution in [0.25, 0.3) is 0 Å². The van der Waals surface area contributed by atoms with E-state index in [1.54, 1.807) is 11.0 Å². The molecule has 4 nitrogen and oxygen atoms in total. The quantitative estimate of drug-likeness (QED) is 0.532. The second-order valence-corrected chi connectivity index (χ2v) is 7.78. The Hall–Kier alpha value is -3.11. The lowest BCUT2D eigenvalue weighted by atomic mass is 10.0. The van der Waals surface area contributed by atoms with Gasteiger partial charge in [-0.15, -0.1) is 0 Å². The number of hydrogen-bond donors (Lipinski definition) is 1. The molecule has 160 valence electrons. The SMILES string of the molecule is CCNC(=O)[C@@H](Cc1ccccc1)N(Cc1ccccc1Cl)C(=O)Cc1ccccc1. The molecule has 0 spiro atoms. The Morgan fingerprint density at radius 3 is 2.06 bits per heavy atom. The second kappa shape index (κ2) is 11.3. The number of carbonyl (C=O) groups is 2. The molecule has 0 aliphatic rings. The van der Waals surface area contributed by atoms with Crippen LogP contribution in [-0.4, -0.2) is 29.3 Å². The number of halogens is 1. The minimum absolute atomic E-state index is 0.113. The van der Waals surface area contributed by atoms with Crippen LogP contribution in [0.4, 0.5) is 0 Å². The molecule has 1 N–H and O–H groups in total. The van der Waals surface area contributed by atoms with Crippen molar-refractivity contribution in [2.45, 2.75) is 32.4 Å². The summed E-state index contributed by atoms with van der Waals surface area (Å²) in [6, 6.07) is 26.1. The zero-order valence-corrected chi connectivity index (χ0v) is 18.4. The molecule has 0 heterocycles. The van der Waals surface area contributed by atoms with Crippen LogP contribution in [0.15, 0.2) is 84.9 Å². The van der Waals surface area contributed by atoms with Crippen LogP contribution >= 0.6 is 11.6 Å². The third-order valence-electron chi connectivity index (χ3n) is 5.12. The molecule has 1 atom stereocenters. The Bertz CT molecular complexity index is 993. The molecule has 3 aromatic rings. The molecule has 3 aromatic carbocycles. The van der Waals surface area contributed by atoms with Crippen LogP contribution in [0.2, 0.25) is 5.02 Å². The van der Waals surface area contributed by atoms with E-state index in [0.717, 1.165) is 16.7 Å². The number of nitrogens with zero attached hydrogens (tertiary/aromatic N) is 1. The Kier molecular flexibility index (Phi) is 8.25. The topological polar surface area (TPSA) is 49.4 Å². The smallest absolute Gasteiger partial charge is 0.243 e. The summed E-state index contributed by atoms with van der Waals surface area (Å²) >= 11 is 6.40. The van der Waals surface area contributed by atoms with E-state index in [1.807, 2.05) is 85.8 Å². The molecule has 31 heavy (non-hydrogen) atoms. The zero-order valence-electron chi connectivity index (χ0n) is 17.6. The first-order valence-electron chi connectivity index (χ1n) is 10.5. The van der Waals surface area contributed by atoms with Gasteiger partial charge in [0.05, 0.1) is 6.42 Å². The first kappa shape index (κ1) is 22.6. The van der Waals surface area contributed by atoms with E-state index in [4.69, 9.17) is 11.6 Å². The van der Waals surface area contributed by atoms with Gasteiger partial charge in [-0.1, -0.05) is 90.5 Å². The van der Waals surface area contributed by atoms with Gasteiger partial charge in [-0.25, -0.2) is 0 Å². The van der Waals surface area contributed by atoms with Crippen LogP contribution in [0.1, 0.15) is 23.6 Å². The molecule has 0 saturated carbocycles. The molecule has 0 aromatic heterocycles. The predicted octanol–water partition coefficient (Wildman–Crippen LogP) is 4.66. The van der Waals surface area contributed by atoms with Crippen molar-refractivity contribution in [2.24, 2.45) is 0 Å². The molecule has 0 aliphatic carbocycles. The number of rotatable bonds is 9. The highest BCUT2D eigenvalue weighted by Gasteiger charge is 2.30. The van der Waals surface area contributed by atoms with Gasteiger partial charge in [-0.2, -0.15) is 0 Å². The van der Waals surface area contributed by atoms with Crippen LogP contribution in [0.5, 0.6) is 0 Å². The summed E-state index contributed by atoms with van der Waals surface area (Å²) in [6.07, 6.45) is 0.646. The van der Waals surface area contributed by atoms with Gasteiger partial charge in [0.1, 0.15) is 6.04 Å². The first-order chi connectivity index (χ1) is 15.1. The molecule has 2 amide bonds. The van der Waals surface area contributed by atoms with E-state index in [2.05, 4.69) is 5.32 Å². The van der Waals surface area contributed by atoms with Crippen LogP contribution in [0.3, 0.4) is 0 Å². The van der Waals surface area contributed by atoms with Crippen molar-refractivity contribution in [1.82, 2.24) is 10.2 Å². The Morgan fingerprint density at radius 2 is 1.45 bits per heavy atom. The summed E-state index contributed by atoms with van der Waals surface area (Å²) in [5, 5.41) is 3.48. The zero-order chi connectivity index (χ0) is 22.1. The maximum Gasteiger partial charge on any atom is 0.243 e. The summed E-state index contributed by atoms with van der Waals surface area (Å²) in [5.74, 6) is -0.280. The van der Waals surface area contributed by atoms with Gasteiger partial charge in [0, 0.05) is 24.5 Å². The summed E-state index contributed by atoms with van der Waals surface area (Å²) in [7, 11) is 0. The number of benzene rings is 3. The fourth-order valence-corrected chi connectivity index (χ4v) is 3.72. The maximum absolute atomic E-state index is 13.5. The van der Waals surface area contributed by atoms with Gasteiger partial charge in [0.2, 0.25) is 11.8 Å². The lowest BCUT2D eigenvalue weighted by molar-refractivity contribution is -0.140. The van der Waals surface area contributed by atoms with Gasteiger partial charge < -0.3 is 10.2 Å². The third kappa shape index (κ3) is 6.43. The molecule has 5 heteroatoms. The second-order valence-electron chi connectivity index (χ2n) is 7.38. The highest BCUT2D eigenvalue weighted by atomic mass is 35.5. The van der Waals surface area contributed by atoms with Crippen molar-refractivity contribution in [1.29, 1.82) is 0 Å². The van der Waals surface area contributed by atoms with E-state index in [0.29, 0.717) is 18.0 Å². The maximum atomic E-state index is 13.5. The van der Waals surface area contributed by atoms with Crippen molar-refractivity contribution in [3.05, 3.63) is 107 Å². The molecule has 0 saturated heterocycles.